The number of rotatable bonds is 9. The van der Waals surface area contributed by atoms with E-state index < -0.39 is 10.0 Å². The molecule has 1 N–H and O–H groups in total. The molecule has 0 aromatic heterocycles. The van der Waals surface area contributed by atoms with Gasteiger partial charge in [-0.05, 0) is 37.9 Å². The summed E-state index contributed by atoms with van der Waals surface area (Å²) in [5.74, 6) is -0.292. The largest absolute Gasteiger partial charge is 0.350 e. The van der Waals surface area contributed by atoms with Crippen LogP contribution in [0.1, 0.15) is 35.8 Å². The third-order valence-corrected chi connectivity index (χ3v) is 6.75. The van der Waals surface area contributed by atoms with Gasteiger partial charge in [-0.25, -0.2) is 8.42 Å². The minimum absolute atomic E-state index is 0.0211. The monoisotopic (exact) mass is 403 g/mol. The second-order valence-corrected chi connectivity index (χ2v) is 8.66. The molecule has 7 heteroatoms. The maximum absolute atomic E-state index is 12.7. The standard InChI is InChI=1S/C21H29N3O3S/c1-5-24(6-2)28(26,27)19-14-10-13-18(15-19)21(25)22-16-20(23(3)4)17-11-8-7-9-12-17/h7-15,20H,5-6,16H2,1-4H3,(H,22,25)/t20-/m1/s1. The van der Waals surface area contributed by atoms with Gasteiger partial charge < -0.3 is 10.2 Å². The fraction of sp³-hybridized carbons (Fsp3) is 0.381. The summed E-state index contributed by atoms with van der Waals surface area (Å²) in [4.78, 5) is 14.8. The van der Waals surface area contributed by atoms with E-state index >= 15 is 0 Å². The van der Waals surface area contributed by atoms with Crippen molar-refractivity contribution in [1.82, 2.24) is 14.5 Å². The van der Waals surface area contributed by atoms with Crippen LogP contribution in [0, 0.1) is 0 Å². The Morgan fingerprint density at radius 3 is 2.21 bits per heavy atom. The van der Waals surface area contributed by atoms with E-state index in [1.807, 2.05) is 49.3 Å². The van der Waals surface area contributed by atoms with E-state index in [4.69, 9.17) is 0 Å². The van der Waals surface area contributed by atoms with Gasteiger partial charge in [-0.2, -0.15) is 4.31 Å². The number of benzene rings is 2. The van der Waals surface area contributed by atoms with Crippen LogP contribution in [0.15, 0.2) is 59.5 Å². The van der Waals surface area contributed by atoms with Crippen molar-refractivity contribution in [3.63, 3.8) is 0 Å². The number of nitrogens with zero attached hydrogens (tertiary/aromatic N) is 2. The van der Waals surface area contributed by atoms with Crippen LogP contribution in [0.5, 0.6) is 0 Å². The van der Waals surface area contributed by atoms with Gasteiger partial charge in [0.25, 0.3) is 5.91 Å². The number of carbonyl (C=O) groups excluding carboxylic acids is 1. The first-order valence-corrected chi connectivity index (χ1v) is 10.8. The lowest BCUT2D eigenvalue weighted by Gasteiger charge is -2.25. The van der Waals surface area contributed by atoms with Crippen molar-refractivity contribution in [2.45, 2.75) is 24.8 Å². The fourth-order valence-electron chi connectivity index (χ4n) is 3.08. The lowest BCUT2D eigenvalue weighted by atomic mass is 10.1. The zero-order valence-electron chi connectivity index (χ0n) is 16.9. The normalized spacial score (nSPS) is 12.9. The molecule has 0 radical (unpaired) electrons. The highest BCUT2D eigenvalue weighted by Crippen LogP contribution is 2.19. The Morgan fingerprint density at radius 1 is 1.00 bits per heavy atom. The Hall–Kier alpha value is -2.22. The second kappa shape index (κ2) is 9.82. The molecule has 0 aliphatic rings. The van der Waals surface area contributed by atoms with Crippen molar-refractivity contribution in [2.24, 2.45) is 0 Å². The number of hydrogen-bond acceptors (Lipinski definition) is 4. The average molecular weight is 404 g/mol. The van der Waals surface area contributed by atoms with E-state index in [2.05, 4.69) is 5.32 Å². The van der Waals surface area contributed by atoms with Gasteiger partial charge in [-0.1, -0.05) is 50.2 Å². The van der Waals surface area contributed by atoms with Crippen molar-refractivity contribution in [1.29, 1.82) is 0 Å². The number of carbonyl (C=O) groups is 1. The molecule has 152 valence electrons. The van der Waals surface area contributed by atoms with Gasteiger partial charge >= 0.3 is 0 Å². The number of nitrogens with one attached hydrogen (secondary N) is 1. The SMILES string of the molecule is CCN(CC)S(=O)(=O)c1cccc(C(=O)NC[C@H](c2ccccc2)N(C)C)c1. The highest BCUT2D eigenvalue weighted by molar-refractivity contribution is 7.89. The molecule has 28 heavy (non-hydrogen) atoms. The molecule has 0 heterocycles. The minimum atomic E-state index is -3.60. The zero-order valence-corrected chi connectivity index (χ0v) is 17.7. The van der Waals surface area contributed by atoms with Crippen LogP contribution in [0.4, 0.5) is 0 Å². The van der Waals surface area contributed by atoms with Crippen LogP contribution in [-0.4, -0.2) is 57.3 Å². The lowest BCUT2D eigenvalue weighted by molar-refractivity contribution is 0.0941. The Bertz CT molecular complexity index is 879. The molecule has 0 saturated heterocycles. The van der Waals surface area contributed by atoms with E-state index in [1.165, 1.54) is 16.4 Å². The Kier molecular flexibility index (Phi) is 7.74. The van der Waals surface area contributed by atoms with Crippen LogP contribution in [0.3, 0.4) is 0 Å². The van der Waals surface area contributed by atoms with Gasteiger partial charge in [0, 0.05) is 25.2 Å². The van der Waals surface area contributed by atoms with Crippen molar-refractivity contribution < 1.29 is 13.2 Å². The third-order valence-electron chi connectivity index (χ3n) is 4.70. The molecule has 0 unspecified atom stereocenters. The van der Waals surface area contributed by atoms with Gasteiger partial charge in [0.2, 0.25) is 10.0 Å². The van der Waals surface area contributed by atoms with Crippen molar-refractivity contribution in [2.75, 3.05) is 33.7 Å². The molecule has 0 spiro atoms. The fourth-order valence-corrected chi connectivity index (χ4v) is 4.58. The van der Waals surface area contributed by atoms with Crippen LogP contribution < -0.4 is 5.32 Å². The average Bonchev–Trinajstić information content (AvgIpc) is 2.69. The summed E-state index contributed by atoms with van der Waals surface area (Å²) in [7, 11) is 0.319. The first-order chi connectivity index (χ1) is 13.3. The van der Waals surface area contributed by atoms with Crippen LogP contribution >= 0.6 is 0 Å². The van der Waals surface area contributed by atoms with Gasteiger partial charge in [-0.3, -0.25) is 4.79 Å². The van der Waals surface area contributed by atoms with E-state index in [-0.39, 0.29) is 16.8 Å². The van der Waals surface area contributed by atoms with Crippen LogP contribution in [0.25, 0.3) is 0 Å². The van der Waals surface area contributed by atoms with Gasteiger partial charge in [0.1, 0.15) is 0 Å². The highest BCUT2D eigenvalue weighted by atomic mass is 32.2. The molecular formula is C21H29N3O3S. The number of hydrogen-bond donors (Lipinski definition) is 1. The predicted octanol–water partition coefficient (Wildman–Crippen LogP) is 2.75. The zero-order chi connectivity index (χ0) is 20.7. The number of amides is 1. The number of sulfonamides is 1. The molecule has 0 fully saturated rings. The molecule has 2 rings (SSSR count). The van der Waals surface area contributed by atoms with Crippen LogP contribution in [0.2, 0.25) is 0 Å². The quantitative estimate of drug-likeness (QED) is 0.699. The molecule has 0 saturated carbocycles. The molecular weight excluding hydrogens is 374 g/mol. The summed E-state index contributed by atoms with van der Waals surface area (Å²) in [6.45, 7) is 4.78. The summed E-state index contributed by atoms with van der Waals surface area (Å²) in [6, 6.07) is 16.2. The molecule has 2 aromatic carbocycles. The highest BCUT2D eigenvalue weighted by Gasteiger charge is 2.23. The molecule has 6 nitrogen and oxygen atoms in total. The first kappa shape index (κ1) is 22.1. The van der Waals surface area contributed by atoms with Crippen molar-refractivity contribution in [3.8, 4) is 0 Å². The Labute approximate surface area is 168 Å². The van der Waals surface area contributed by atoms with Crippen LogP contribution in [-0.2, 0) is 10.0 Å². The maximum Gasteiger partial charge on any atom is 0.251 e. The lowest BCUT2D eigenvalue weighted by Crippen LogP contribution is -2.35. The smallest absolute Gasteiger partial charge is 0.251 e. The maximum atomic E-state index is 12.7. The van der Waals surface area contributed by atoms with Gasteiger partial charge in [0.05, 0.1) is 10.9 Å². The Balaban J connectivity index is 2.17. The molecule has 0 bridgehead atoms. The Morgan fingerprint density at radius 2 is 1.64 bits per heavy atom. The molecule has 0 aliphatic heterocycles. The van der Waals surface area contributed by atoms with E-state index in [0.717, 1.165) is 5.56 Å². The second-order valence-electron chi connectivity index (χ2n) is 6.72. The van der Waals surface area contributed by atoms with E-state index in [9.17, 15) is 13.2 Å². The minimum Gasteiger partial charge on any atom is -0.350 e. The van der Waals surface area contributed by atoms with Gasteiger partial charge in [-0.15, -0.1) is 0 Å². The molecule has 2 aromatic rings. The van der Waals surface area contributed by atoms with E-state index in [1.54, 1.807) is 26.0 Å². The summed E-state index contributed by atoms with van der Waals surface area (Å²) >= 11 is 0. The molecule has 1 amide bonds. The number of likely N-dealkylation sites (N-methyl/N-ethyl adjacent to an activating group) is 1. The molecule has 1 atom stereocenters. The van der Waals surface area contributed by atoms with E-state index in [0.29, 0.717) is 25.2 Å². The van der Waals surface area contributed by atoms with Crippen molar-refractivity contribution >= 4 is 15.9 Å². The molecule has 0 aliphatic carbocycles. The third kappa shape index (κ3) is 5.19. The van der Waals surface area contributed by atoms with Gasteiger partial charge in [0.15, 0.2) is 0 Å². The van der Waals surface area contributed by atoms with Crippen molar-refractivity contribution in [3.05, 3.63) is 65.7 Å². The summed E-state index contributed by atoms with van der Waals surface area (Å²) < 4.78 is 26.8. The summed E-state index contributed by atoms with van der Waals surface area (Å²) in [5, 5.41) is 2.93. The first-order valence-electron chi connectivity index (χ1n) is 9.41. The summed E-state index contributed by atoms with van der Waals surface area (Å²) in [6.07, 6.45) is 0. The predicted molar refractivity (Wildman–Crippen MR) is 112 cm³/mol. The topological polar surface area (TPSA) is 69.7 Å². The summed E-state index contributed by atoms with van der Waals surface area (Å²) in [5.41, 5.74) is 1.43.